The van der Waals surface area contributed by atoms with Gasteiger partial charge in [-0.25, -0.2) is 8.42 Å². The van der Waals surface area contributed by atoms with Crippen molar-refractivity contribution in [1.29, 1.82) is 0 Å². The van der Waals surface area contributed by atoms with Crippen molar-refractivity contribution in [3.8, 4) is 0 Å². The number of fused-ring (bicyclic) bond motifs is 1. The fourth-order valence-corrected chi connectivity index (χ4v) is 5.29. The number of nitrogens with zero attached hydrogens (tertiary/aromatic N) is 1. The maximum Gasteiger partial charge on any atom is 0.264 e. The van der Waals surface area contributed by atoms with E-state index in [1.807, 2.05) is 55.6 Å². The van der Waals surface area contributed by atoms with Crippen molar-refractivity contribution in [2.45, 2.75) is 37.1 Å². The minimum absolute atomic E-state index is 0.319. The predicted molar refractivity (Wildman–Crippen MR) is 104 cm³/mol. The van der Waals surface area contributed by atoms with Gasteiger partial charge in [0, 0.05) is 6.20 Å². The summed E-state index contributed by atoms with van der Waals surface area (Å²) in [6.45, 7) is 1.96. The zero-order valence-electron chi connectivity index (χ0n) is 14.9. The third-order valence-electron chi connectivity index (χ3n) is 5.29. The van der Waals surface area contributed by atoms with Gasteiger partial charge >= 0.3 is 0 Å². The molecule has 0 aromatic heterocycles. The molecule has 3 nitrogen and oxygen atoms in total. The molecule has 2 aromatic carbocycles. The highest BCUT2D eigenvalue weighted by Gasteiger charge is 2.33. The van der Waals surface area contributed by atoms with E-state index in [0.717, 1.165) is 30.4 Å². The van der Waals surface area contributed by atoms with Gasteiger partial charge in [-0.2, -0.15) is 0 Å². The first-order chi connectivity index (χ1) is 12.6. The van der Waals surface area contributed by atoms with Crippen molar-refractivity contribution in [2.24, 2.45) is 5.92 Å². The van der Waals surface area contributed by atoms with Crippen LogP contribution in [0.25, 0.3) is 0 Å². The summed E-state index contributed by atoms with van der Waals surface area (Å²) >= 11 is 0. The van der Waals surface area contributed by atoms with Gasteiger partial charge in [0.05, 0.1) is 10.9 Å². The summed E-state index contributed by atoms with van der Waals surface area (Å²) in [5, 5.41) is 0. The van der Waals surface area contributed by atoms with Crippen molar-refractivity contribution in [3.05, 3.63) is 89.6 Å². The minimum atomic E-state index is -3.63. The lowest BCUT2D eigenvalue weighted by atomic mass is 10.0. The predicted octanol–water partition coefficient (Wildman–Crippen LogP) is 4.98. The summed E-state index contributed by atoms with van der Waals surface area (Å²) in [5.41, 5.74) is 3.25. The third-order valence-corrected chi connectivity index (χ3v) is 7.04. The van der Waals surface area contributed by atoms with Gasteiger partial charge in [-0.05, 0) is 55.4 Å². The van der Waals surface area contributed by atoms with Crippen molar-refractivity contribution >= 4 is 10.0 Å². The Labute approximate surface area is 155 Å². The van der Waals surface area contributed by atoms with E-state index in [-0.39, 0.29) is 6.04 Å². The summed E-state index contributed by atoms with van der Waals surface area (Å²) in [4.78, 5) is 0.339. The van der Waals surface area contributed by atoms with E-state index in [1.165, 1.54) is 5.57 Å². The number of rotatable bonds is 3. The van der Waals surface area contributed by atoms with Gasteiger partial charge in [0.1, 0.15) is 0 Å². The zero-order chi connectivity index (χ0) is 18.1. The van der Waals surface area contributed by atoms with Crippen LogP contribution in [-0.2, 0) is 10.0 Å². The van der Waals surface area contributed by atoms with E-state index in [9.17, 15) is 8.42 Å². The first-order valence-electron chi connectivity index (χ1n) is 9.10. The second-order valence-corrected chi connectivity index (χ2v) is 8.93. The molecule has 1 saturated carbocycles. The highest BCUT2D eigenvalue weighted by molar-refractivity contribution is 7.89. The smallest absolute Gasteiger partial charge is 0.262 e. The number of sulfonamides is 1. The third kappa shape index (κ3) is 3.10. The van der Waals surface area contributed by atoms with Crippen LogP contribution in [0.5, 0.6) is 0 Å². The summed E-state index contributed by atoms with van der Waals surface area (Å²) in [6.07, 6.45) is 9.33. The van der Waals surface area contributed by atoms with Gasteiger partial charge in [0.25, 0.3) is 10.0 Å². The van der Waals surface area contributed by atoms with Crippen LogP contribution in [-0.4, -0.2) is 12.7 Å². The van der Waals surface area contributed by atoms with Crippen LogP contribution in [0.15, 0.2) is 83.4 Å². The van der Waals surface area contributed by atoms with E-state index >= 15 is 0 Å². The second kappa shape index (κ2) is 6.76. The molecular formula is C22H23NO2S. The Morgan fingerprint density at radius 3 is 2.42 bits per heavy atom. The molecule has 2 aliphatic rings. The Balaban J connectivity index is 1.84. The normalized spacial score (nSPS) is 22.7. The van der Waals surface area contributed by atoms with Gasteiger partial charge in [-0.3, -0.25) is 4.31 Å². The molecule has 0 bridgehead atoms. The molecule has 1 aliphatic heterocycles. The zero-order valence-corrected chi connectivity index (χ0v) is 15.7. The van der Waals surface area contributed by atoms with Gasteiger partial charge in [0.15, 0.2) is 0 Å². The lowest BCUT2D eigenvalue weighted by molar-refractivity contribution is 0.457. The standard InChI is InChI=1S/C22H23NO2S/c1-17-10-13-21(14-11-17)26(24,25)23-16-20-9-5-8-18(20)12-15-22(23)19-6-3-2-4-7-19/h2-4,6-7,10-16,18,22H,5,8-9H2,1H3/t18-,22-/m0/s1. The molecule has 0 spiro atoms. The van der Waals surface area contributed by atoms with Gasteiger partial charge in [0.2, 0.25) is 0 Å². The van der Waals surface area contributed by atoms with Crippen LogP contribution >= 0.6 is 0 Å². The summed E-state index contributed by atoms with van der Waals surface area (Å²) in [6, 6.07) is 16.6. The lowest BCUT2D eigenvalue weighted by Crippen LogP contribution is -2.29. The molecule has 1 heterocycles. The van der Waals surface area contributed by atoms with Crippen LogP contribution in [0.4, 0.5) is 0 Å². The highest BCUT2D eigenvalue weighted by Crippen LogP contribution is 2.39. The SMILES string of the molecule is Cc1ccc(S(=O)(=O)N2C=C3CCC[C@H]3C=C[C@H]2c2ccccc2)cc1. The molecule has 1 aliphatic carbocycles. The minimum Gasteiger partial charge on any atom is -0.262 e. The Hall–Kier alpha value is -2.33. The van der Waals surface area contributed by atoms with E-state index in [0.29, 0.717) is 10.8 Å². The molecule has 4 rings (SSSR count). The van der Waals surface area contributed by atoms with Crippen molar-refractivity contribution in [1.82, 2.24) is 4.31 Å². The maximum atomic E-state index is 13.5. The average molecular weight is 365 g/mol. The Morgan fingerprint density at radius 1 is 0.962 bits per heavy atom. The Kier molecular flexibility index (Phi) is 4.45. The lowest BCUT2D eigenvalue weighted by Gasteiger charge is -2.28. The fourth-order valence-electron chi connectivity index (χ4n) is 3.80. The molecule has 0 amide bonds. The molecule has 1 fully saturated rings. The maximum absolute atomic E-state index is 13.5. The van der Waals surface area contributed by atoms with Crippen molar-refractivity contribution in [3.63, 3.8) is 0 Å². The number of allylic oxidation sites excluding steroid dienone is 2. The summed E-state index contributed by atoms with van der Waals surface area (Å²) in [7, 11) is -3.63. The Morgan fingerprint density at radius 2 is 1.69 bits per heavy atom. The van der Waals surface area contributed by atoms with Crippen LogP contribution in [0.1, 0.15) is 36.4 Å². The summed E-state index contributed by atoms with van der Waals surface area (Å²) < 4.78 is 28.5. The van der Waals surface area contributed by atoms with Gasteiger partial charge in [-0.15, -0.1) is 0 Å². The number of benzene rings is 2. The van der Waals surface area contributed by atoms with E-state index in [1.54, 1.807) is 16.4 Å². The molecule has 0 radical (unpaired) electrons. The topological polar surface area (TPSA) is 37.4 Å². The first-order valence-corrected chi connectivity index (χ1v) is 10.5. The van der Waals surface area contributed by atoms with E-state index < -0.39 is 10.0 Å². The molecule has 26 heavy (non-hydrogen) atoms. The number of aryl methyl sites for hydroxylation is 1. The number of hydrogen-bond donors (Lipinski definition) is 0. The van der Waals surface area contributed by atoms with E-state index in [4.69, 9.17) is 0 Å². The van der Waals surface area contributed by atoms with Gasteiger partial charge in [-0.1, -0.05) is 60.2 Å². The largest absolute Gasteiger partial charge is 0.264 e. The molecule has 2 aromatic rings. The highest BCUT2D eigenvalue weighted by atomic mass is 32.2. The molecule has 0 saturated heterocycles. The second-order valence-electron chi connectivity index (χ2n) is 7.09. The van der Waals surface area contributed by atoms with Crippen LogP contribution in [0.2, 0.25) is 0 Å². The molecular weight excluding hydrogens is 342 g/mol. The Bertz CT molecular complexity index is 943. The first kappa shape index (κ1) is 17.1. The molecule has 4 heteroatoms. The van der Waals surface area contributed by atoms with Crippen LogP contribution in [0.3, 0.4) is 0 Å². The fraction of sp³-hybridized carbons (Fsp3) is 0.273. The van der Waals surface area contributed by atoms with Gasteiger partial charge < -0.3 is 0 Å². The van der Waals surface area contributed by atoms with Crippen molar-refractivity contribution in [2.75, 3.05) is 0 Å². The monoisotopic (exact) mass is 365 g/mol. The number of hydrogen-bond acceptors (Lipinski definition) is 2. The van der Waals surface area contributed by atoms with Crippen LogP contribution in [0, 0.1) is 12.8 Å². The quantitative estimate of drug-likeness (QED) is 0.719. The molecule has 2 atom stereocenters. The molecule has 134 valence electrons. The average Bonchev–Trinajstić information content (AvgIpc) is 3.01. The summed E-state index contributed by atoms with van der Waals surface area (Å²) in [5.74, 6) is 0.361. The van der Waals surface area contributed by atoms with E-state index in [2.05, 4.69) is 12.2 Å². The molecule has 0 N–H and O–H groups in total. The van der Waals surface area contributed by atoms with Crippen LogP contribution < -0.4 is 0 Å². The molecule has 0 unspecified atom stereocenters. The van der Waals surface area contributed by atoms with Crippen molar-refractivity contribution < 1.29 is 8.42 Å².